The Hall–Kier alpha value is -5.97. The molecular formula is C53H60ClFN8O7. The van der Waals surface area contributed by atoms with Crippen LogP contribution in [0.1, 0.15) is 103 Å². The predicted octanol–water partition coefficient (Wildman–Crippen LogP) is 6.63. The van der Waals surface area contributed by atoms with Gasteiger partial charge in [-0.15, -0.1) is 0 Å². The van der Waals surface area contributed by atoms with Gasteiger partial charge in [-0.2, -0.15) is 0 Å². The molecule has 2 N–H and O–H groups in total. The van der Waals surface area contributed by atoms with Crippen molar-refractivity contribution in [1.29, 1.82) is 0 Å². The molecule has 1 aliphatic carbocycles. The minimum absolute atomic E-state index is 0.0439. The maximum Gasteiger partial charge on any atom is 0.264 e. The number of rotatable bonds is 11. The third-order valence-electron chi connectivity index (χ3n) is 15.9. The molecule has 1 unspecified atom stereocenters. The van der Waals surface area contributed by atoms with Crippen LogP contribution < -0.4 is 20.3 Å². The number of nitrogens with zero attached hydrogens (tertiary/aromatic N) is 6. The number of likely N-dealkylation sites (tertiary alicyclic amines) is 2. The first-order valence-corrected chi connectivity index (χ1v) is 25.4. The summed E-state index contributed by atoms with van der Waals surface area (Å²) in [4.78, 5) is 92.8. The van der Waals surface area contributed by atoms with E-state index in [0.29, 0.717) is 85.2 Å². The van der Waals surface area contributed by atoms with Crippen molar-refractivity contribution < 1.29 is 37.9 Å². The van der Waals surface area contributed by atoms with E-state index in [4.69, 9.17) is 16.3 Å². The molecule has 15 nitrogen and oxygen atoms in total. The second kappa shape index (κ2) is 20.4. The highest BCUT2D eigenvalue weighted by Gasteiger charge is 2.46. The van der Waals surface area contributed by atoms with Crippen LogP contribution in [0.5, 0.6) is 5.75 Å². The van der Waals surface area contributed by atoms with Crippen LogP contribution in [0.3, 0.4) is 0 Å². The molecule has 0 spiro atoms. The highest BCUT2D eigenvalue weighted by atomic mass is 35.5. The Bertz CT molecular complexity index is 2690. The normalized spacial score (nSPS) is 23.6. The zero-order valence-corrected chi connectivity index (χ0v) is 40.3. The molecule has 2 atom stereocenters. The molecule has 5 aliphatic heterocycles. The van der Waals surface area contributed by atoms with Crippen molar-refractivity contribution in [2.24, 2.45) is 11.8 Å². The molecule has 6 aliphatic rings. The summed E-state index contributed by atoms with van der Waals surface area (Å²) >= 11 is 6.61. The first kappa shape index (κ1) is 47.7. The van der Waals surface area contributed by atoms with E-state index in [1.54, 1.807) is 48.7 Å². The van der Waals surface area contributed by atoms with E-state index in [1.807, 2.05) is 24.0 Å². The summed E-state index contributed by atoms with van der Waals surface area (Å²) < 4.78 is 20.5. The van der Waals surface area contributed by atoms with Gasteiger partial charge < -0.3 is 19.9 Å². The zero-order valence-electron chi connectivity index (χ0n) is 39.5. The minimum Gasteiger partial charge on any atom is -0.489 e. The molecule has 1 saturated carbocycles. The van der Waals surface area contributed by atoms with Crippen LogP contribution in [0.15, 0.2) is 66.9 Å². The third-order valence-corrected chi connectivity index (χ3v) is 16.2. The topological polar surface area (TPSA) is 165 Å². The Morgan fingerprint density at radius 1 is 0.843 bits per heavy atom. The molecule has 368 valence electrons. The molecule has 0 radical (unpaired) electrons. The van der Waals surface area contributed by atoms with Gasteiger partial charge in [0.25, 0.3) is 11.8 Å². The highest BCUT2D eigenvalue weighted by Crippen LogP contribution is 2.42. The van der Waals surface area contributed by atoms with Crippen LogP contribution in [0, 0.1) is 17.7 Å². The molecular weight excluding hydrogens is 915 g/mol. The lowest BCUT2D eigenvalue weighted by molar-refractivity contribution is -0.136. The summed E-state index contributed by atoms with van der Waals surface area (Å²) in [7, 11) is 0. The molecule has 6 heterocycles. The number of carbonyl (C=O) groups excluding carboxylic acids is 6. The summed E-state index contributed by atoms with van der Waals surface area (Å²) in [6.07, 6.45) is 8.78. The summed E-state index contributed by atoms with van der Waals surface area (Å²) in [6, 6.07) is 16.7. The van der Waals surface area contributed by atoms with Crippen molar-refractivity contribution in [3.05, 3.63) is 94.4 Å². The van der Waals surface area contributed by atoms with Gasteiger partial charge in [0, 0.05) is 107 Å². The van der Waals surface area contributed by atoms with E-state index in [2.05, 4.69) is 30.3 Å². The molecule has 0 bridgehead atoms. The number of piperidine rings is 3. The monoisotopic (exact) mass is 974 g/mol. The average molecular weight is 976 g/mol. The van der Waals surface area contributed by atoms with Crippen LogP contribution in [0.4, 0.5) is 15.8 Å². The van der Waals surface area contributed by atoms with Crippen LogP contribution >= 0.6 is 11.6 Å². The number of amides is 6. The Labute approximate surface area is 412 Å². The van der Waals surface area contributed by atoms with Gasteiger partial charge in [-0.05, 0) is 111 Å². The number of carbonyl (C=O) groups is 6. The quantitative estimate of drug-likeness (QED) is 0.155. The van der Waals surface area contributed by atoms with Crippen molar-refractivity contribution in [3.8, 4) is 5.75 Å². The average Bonchev–Trinajstić information content (AvgIpc) is 3.63. The number of ether oxygens (including phenoxy) is 1. The van der Waals surface area contributed by atoms with Crippen LogP contribution in [-0.4, -0.2) is 137 Å². The van der Waals surface area contributed by atoms with Crippen molar-refractivity contribution in [3.63, 3.8) is 0 Å². The van der Waals surface area contributed by atoms with Crippen molar-refractivity contribution in [2.75, 3.05) is 69.1 Å². The number of pyridine rings is 1. The smallest absolute Gasteiger partial charge is 0.264 e. The van der Waals surface area contributed by atoms with E-state index in [-0.39, 0.29) is 54.0 Å². The van der Waals surface area contributed by atoms with Gasteiger partial charge in [-0.3, -0.25) is 53.8 Å². The maximum absolute atomic E-state index is 14.1. The molecule has 5 fully saturated rings. The Kier molecular flexibility index (Phi) is 13.9. The molecule has 4 aromatic rings. The number of anilines is 2. The number of benzene rings is 3. The number of imide groups is 2. The number of fused-ring (bicyclic) bond motifs is 2. The SMILES string of the molecule is C[C@@H](C(=O)Nc1ccc(Cl)c(OC2CCN(C(=O)CN3CCC(N4CCN(c5cccc6c5C(=O)N(C5CCC(=O)NC5=O)C6=O)CC4)CC3)CC2)c1)C1CCC(c2ccnc3ccc(F)cc23)CC1. The first-order valence-electron chi connectivity index (χ1n) is 25.0. The second-order valence-corrected chi connectivity index (χ2v) is 20.4. The first-order chi connectivity index (χ1) is 33.9. The van der Waals surface area contributed by atoms with Crippen molar-refractivity contribution in [1.82, 2.24) is 29.9 Å². The van der Waals surface area contributed by atoms with E-state index in [9.17, 15) is 33.2 Å². The van der Waals surface area contributed by atoms with Gasteiger partial charge in [-0.1, -0.05) is 24.6 Å². The van der Waals surface area contributed by atoms with Gasteiger partial charge in [0.1, 0.15) is 23.7 Å². The van der Waals surface area contributed by atoms with Gasteiger partial charge in [-0.25, -0.2) is 4.39 Å². The fourth-order valence-corrected chi connectivity index (χ4v) is 12.0. The zero-order chi connectivity index (χ0) is 48.6. The van der Waals surface area contributed by atoms with Gasteiger partial charge >= 0.3 is 0 Å². The fourth-order valence-electron chi connectivity index (χ4n) is 11.8. The van der Waals surface area contributed by atoms with E-state index in [0.717, 1.165) is 86.1 Å². The molecule has 1 aromatic heterocycles. The number of hydrogen-bond donors (Lipinski definition) is 2. The molecule has 10 rings (SSSR count). The second-order valence-electron chi connectivity index (χ2n) is 20.0. The van der Waals surface area contributed by atoms with Gasteiger partial charge in [0.2, 0.25) is 23.6 Å². The standard InChI is InChI=1S/C53H60ClFN8O7/c1-32(33-5-7-34(8-6-33)39-15-20-56-43-12-9-35(55)29-41(39)43)50(66)57-36-10-11-42(54)46(30-36)70-38-18-23-62(24-19-38)48(65)31-59-21-16-37(17-22-59)60-25-27-61(28-26-60)44-4-2-3-40-49(44)53(69)63(52(40)68)45-13-14-47(64)58-51(45)67/h2-4,9-12,15,20,29-30,32-34,37-38,45H,5-8,13-14,16-19,21-28,31H2,1H3,(H,57,66)(H,58,64,67)/t32-,33?,34?,45?/m1/s1. The molecule has 6 amide bonds. The number of piperazine rings is 1. The lowest BCUT2D eigenvalue weighted by atomic mass is 9.73. The Balaban J connectivity index is 0.643. The number of hydrogen-bond acceptors (Lipinski definition) is 11. The summed E-state index contributed by atoms with van der Waals surface area (Å²) in [5.41, 5.74) is 3.87. The Morgan fingerprint density at radius 2 is 1.60 bits per heavy atom. The van der Waals surface area contributed by atoms with Crippen LogP contribution in [0.25, 0.3) is 10.9 Å². The predicted molar refractivity (Wildman–Crippen MR) is 262 cm³/mol. The molecule has 70 heavy (non-hydrogen) atoms. The molecule has 4 saturated heterocycles. The summed E-state index contributed by atoms with van der Waals surface area (Å²) in [6.45, 7) is 8.16. The minimum atomic E-state index is -1.00. The highest BCUT2D eigenvalue weighted by molar-refractivity contribution is 6.32. The molecule has 3 aromatic carbocycles. The van der Waals surface area contributed by atoms with E-state index >= 15 is 0 Å². The third kappa shape index (κ3) is 9.87. The van der Waals surface area contributed by atoms with Gasteiger partial charge in [0.15, 0.2) is 0 Å². The lowest BCUT2D eigenvalue weighted by Crippen LogP contribution is -2.55. The van der Waals surface area contributed by atoms with E-state index in [1.165, 1.54) is 6.07 Å². The Morgan fingerprint density at radius 3 is 2.34 bits per heavy atom. The molecule has 17 heteroatoms. The number of nitrogens with one attached hydrogen (secondary N) is 2. The van der Waals surface area contributed by atoms with Crippen molar-refractivity contribution in [2.45, 2.75) is 95.2 Å². The summed E-state index contributed by atoms with van der Waals surface area (Å²) in [5.74, 6) is -1.35. The number of halogens is 2. The van der Waals surface area contributed by atoms with Crippen LogP contribution in [-0.2, 0) is 19.2 Å². The van der Waals surface area contributed by atoms with E-state index < -0.39 is 29.7 Å². The van der Waals surface area contributed by atoms with Crippen molar-refractivity contribution >= 4 is 69.3 Å². The largest absolute Gasteiger partial charge is 0.489 e. The lowest BCUT2D eigenvalue weighted by Gasteiger charge is -2.43. The summed E-state index contributed by atoms with van der Waals surface area (Å²) in [5, 5.41) is 6.69. The number of aromatic nitrogens is 1. The maximum atomic E-state index is 14.1. The van der Waals surface area contributed by atoms with Gasteiger partial charge in [0.05, 0.1) is 33.9 Å². The van der Waals surface area contributed by atoms with Crippen LogP contribution in [0.2, 0.25) is 5.02 Å². The fraction of sp³-hybridized carbons (Fsp3) is 0.491.